The topological polar surface area (TPSA) is 72.7 Å². The number of nitrogens with one attached hydrogen (secondary N) is 1. The number of aromatic nitrogens is 4. The Morgan fingerprint density at radius 2 is 1.91 bits per heavy atom. The van der Waals surface area contributed by atoms with Crippen LogP contribution in [0.15, 0.2) is 35.5 Å². The van der Waals surface area contributed by atoms with Gasteiger partial charge in [0.15, 0.2) is 0 Å². The maximum absolute atomic E-state index is 12.6. The van der Waals surface area contributed by atoms with E-state index in [1.54, 1.807) is 4.68 Å². The Morgan fingerprint density at radius 3 is 2.52 bits per heavy atom. The number of nitrogens with zero attached hydrogens (tertiary/aromatic N) is 4. The van der Waals surface area contributed by atoms with E-state index >= 15 is 0 Å². The zero-order valence-corrected chi connectivity index (χ0v) is 14.7. The molecular formula is C16H23N5OS. The van der Waals surface area contributed by atoms with Gasteiger partial charge in [0, 0.05) is 6.54 Å². The molecule has 0 radical (unpaired) electrons. The quantitative estimate of drug-likeness (QED) is 0.789. The number of amides is 1. The highest BCUT2D eigenvalue weighted by atomic mass is 32.2. The molecule has 0 aliphatic rings. The number of tetrazole rings is 1. The van der Waals surface area contributed by atoms with E-state index in [4.69, 9.17) is 0 Å². The first-order valence-electron chi connectivity index (χ1n) is 7.75. The molecule has 1 atom stereocenters. The van der Waals surface area contributed by atoms with Gasteiger partial charge in [-0.15, -0.1) is 5.10 Å². The molecule has 2 rings (SSSR count). The van der Waals surface area contributed by atoms with Crippen molar-refractivity contribution in [1.82, 2.24) is 25.5 Å². The molecule has 1 unspecified atom stereocenters. The lowest BCUT2D eigenvalue weighted by Crippen LogP contribution is -2.35. The Bertz CT molecular complexity index is 626. The summed E-state index contributed by atoms with van der Waals surface area (Å²) >= 11 is 1.42. The van der Waals surface area contributed by atoms with Gasteiger partial charge in [0.25, 0.3) is 0 Å². The molecule has 0 bridgehead atoms. The molecule has 1 aromatic carbocycles. The molecule has 124 valence electrons. The summed E-state index contributed by atoms with van der Waals surface area (Å²) in [7, 11) is 0. The van der Waals surface area contributed by atoms with E-state index in [2.05, 4.69) is 20.8 Å². The number of carbonyl (C=O) groups is 1. The molecule has 7 heteroatoms. The number of rotatable bonds is 7. The van der Waals surface area contributed by atoms with Crippen molar-refractivity contribution in [1.29, 1.82) is 0 Å². The highest BCUT2D eigenvalue weighted by molar-refractivity contribution is 8.00. The minimum atomic E-state index is -0.234. The summed E-state index contributed by atoms with van der Waals surface area (Å²) in [5.74, 6) is 0.181. The number of benzene rings is 1. The van der Waals surface area contributed by atoms with Crippen LogP contribution in [-0.2, 0) is 11.3 Å². The molecule has 2 aromatic rings. The molecule has 0 spiro atoms. The Balaban J connectivity index is 2.03. The van der Waals surface area contributed by atoms with Crippen LogP contribution in [-0.4, -0.2) is 31.4 Å². The normalized spacial score (nSPS) is 12.6. The van der Waals surface area contributed by atoms with Crippen LogP contribution < -0.4 is 5.32 Å². The first-order chi connectivity index (χ1) is 11.0. The third kappa shape index (κ3) is 4.79. The first-order valence-corrected chi connectivity index (χ1v) is 8.63. The van der Waals surface area contributed by atoms with Gasteiger partial charge in [0.2, 0.25) is 11.1 Å². The average Bonchev–Trinajstić information content (AvgIpc) is 2.99. The molecule has 1 heterocycles. The minimum Gasteiger partial charge on any atom is -0.351 e. The lowest BCUT2D eigenvalue weighted by atomic mass is 10.1. The molecule has 0 saturated heterocycles. The van der Waals surface area contributed by atoms with Crippen LogP contribution in [0.4, 0.5) is 0 Å². The summed E-state index contributed by atoms with van der Waals surface area (Å²) in [6.07, 6.45) is 0. The van der Waals surface area contributed by atoms with Crippen molar-refractivity contribution >= 4 is 17.7 Å². The molecule has 1 N–H and O–H groups in total. The highest BCUT2D eigenvalue weighted by Gasteiger charge is 2.26. The van der Waals surface area contributed by atoms with Crippen LogP contribution in [0.25, 0.3) is 0 Å². The molecular weight excluding hydrogens is 310 g/mol. The number of hydrogen-bond acceptors (Lipinski definition) is 5. The van der Waals surface area contributed by atoms with Crippen LogP contribution in [0.2, 0.25) is 0 Å². The van der Waals surface area contributed by atoms with Crippen LogP contribution in [0.1, 0.15) is 39.3 Å². The molecule has 6 nitrogen and oxygen atoms in total. The van der Waals surface area contributed by atoms with Crippen molar-refractivity contribution in [2.24, 2.45) is 5.92 Å². The maximum Gasteiger partial charge on any atom is 0.234 e. The van der Waals surface area contributed by atoms with Crippen LogP contribution in [0.3, 0.4) is 0 Å². The Hall–Kier alpha value is -1.89. The predicted molar refractivity (Wildman–Crippen MR) is 91.0 cm³/mol. The lowest BCUT2D eigenvalue weighted by molar-refractivity contribution is -0.121. The third-order valence-electron chi connectivity index (χ3n) is 3.36. The lowest BCUT2D eigenvalue weighted by Gasteiger charge is -2.19. The monoisotopic (exact) mass is 333 g/mol. The molecule has 0 fully saturated rings. The van der Waals surface area contributed by atoms with E-state index in [0.717, 1.165) is 5.56 Å². The first kappa shape index (κ1) is 17.5. The SMILES string of the molecule is CC(C)C(Sc1nnnn1C(C)C)C(=O)NCc1ccccc1. The Morgan fingerprint density at radius 1 is 1.22 bits per heavy atom. The summed E-state index contributed by atoms with van der Waals surface area (Å²) in [6, 6.07) is 10.0. The smallest absolute Gasteiger partial charge is 0.234 e. The summed E-state index contributed by atoms with van der Waals surface area (Å²) < 4.78 is 1.74. The maximum atomic E-state index is 12.6. The van der Waals surface area contributed by atoms with E-state index in [1.807, 2.05) is 58.0 Å². The summed E-state index contributed by atoms with van der Waals surface area (Å²) in [4.78, 5) is 12.6. The molecule has 1 amide bonds. The fourth-order valence-electron chi connectivity index (χ4n) is 2.08. The highest BCUT2D eigenvalue weighted by Crippen LogP contribution is 2.27. The Kier molecular flexibility index (Phi) is 6.15. The molecule has 23 heavy (non-hydrogen) atoms. The third-order valence-corrected chi connectivity index (χ3v) is 4.85. The van der Waals surface area contributed by atoms with E-state index < -0.39 is 0 Å². The van der Waals surface area contributed by atoms with Gasteiger partial charge < -0.3 is 5.32 Å². The van der Waals surface area contributed by atoms with Crippen molar-refractivity contribution in [3.63, 3.8) is 0 Å². The van der Waals surface area contributed by atoms with Crippen molar-refractivity contribution in [2.75, 3.05) is 0 Å². The number of hydrogen-bond donors (Lipinski definition) is 1. The Labute approximate surface area is 141 Å². The van der Waals surface area contributed by atoms with E-state index in [0.29, 0.717) is 11.7 Å². The summed E-state index contributed by atoms with van der Waals surface area (Å²) in [6.45, 7) is 8.62. The van der Waals surface area contributed by atoms with Crippen molar-refractivity contribution in [3.05, 3.63) is 35.9 Å². The zero-order chi connectivity index (χ0) is 16.8. The fourth-order valence-corrected chi connectivity index (χ4v) is 3.21. The number of carbonyl (C=O) groups excluding carboxylic acids is 1. The van der Waals surface area contributed by atoms with Gasteiger partial charge in [0.05, 0.1) is 11.3 Å². The van der Waals surface area contributed by atoms with Gasteiger partial charge in [-0.1, -0.05) is 55.9 Å². The van der Waals surface area contributed by atoms with E-state index in [9.17, 15) is 4.79 Å². The second kappa shape index (κ2) is 8.10. The fraction of sp³-hybridized carbons (Fsp3) is 0.500. The molecule has 0 saturated carbocycles. The number of thioether (sulfide) groups is 1. The second-order valence-electron chi connectivity index (χ2n) is 5.99. The second-order valence-corrected chi connectivity index (χ2v) is 7.09. The van der Waals surface area contributed by atoms with Gasteiger partial charge in [-0.25, -0.2) is 4.68 Å². The van der Waals surface area contributed by atoms with Crippen LogP contribution in [0, 0.1) is 5.92 Å². The summed E-state index contributed by atoms with van der Waals surface area (Å²) in [5.41, 5.74) is 1.08. The van der Waals surface area contributed by atoms with E-state index in [-0.39, 0.29) is 23.1 Å². The van der Waals surface area contributed by atoms with Crippen LogP contribution in [0.5, 0.6) is 0 Å². The van der Waals surface area contributed by atoms with Crippen LogP contribution >= 0.6 is 11.8 Å². The predicted octanol–water partition coefficient (Wildman–Crippen LogP) is 2.69. The van der Waals surface area contributed by atoms with Gasteiger partial charge in [0.1, 0.15) is 0 Å². The average molecular weight is 333 g/mol. The molecule has 0 aliphatic heterocycles. The zero-order valence-electron chi connectivity index (χ0n) is 13.9. The summed E-state index contributed by atoms with van der Waals surface area (Å²) in [5, 5.41) is 15.2. The van der Waals surface area contributed by atoms with Gasteiger partial charge in [-0.3, -0.25) is 4.79 Å². The van der Waals surface area contributed by atoms with E-state index in [1.165, 1.54) is 11.8 Å². The van der Waals surface area contributed by atoms with Crippen molar-refractivity contribution in [2.45, 2.75) is 50.7 Å². The van der Waals surface area contributed by atoms with Gasteiger partial charge in [-0.2, -0.15) is 0 Å². The standard InChI is InChI=1S/C16H23N5OS/c1-11(2)14(23-16-18-19-20-21(16)12(3)4)15(22)17-10-13-8-6-5-7-9-13/h5-9,11-12,14H,10H2,1-4H3,(H,17,22). The largest absolute Gasteiger partial charge is 0.351 e. The van der Waals surface area contributed by atoms with Crippen molar-refractivity contribution in [3.8, 4) is 0 Å². The minimum absolute atomic E-state index is 0.00663. The van der Waals surface area contributed by atoms with Gasteiger partial charge >= 0.3 is 0 Å². The molecule has 1 aromatic heterocycles. The molecule has 0 aliphatic carbocycles. The van der Waals surface area contributed by atoms with Crippen molar-refractivity contribution < 1.29 is 4.79 Å². The van der Waals surface area contributed by atoms with Gasteiger partial charge in [-0.05, 0) is 35.8 Å².